The molecule has 0 saturated heterocycles. The topological polar surface area (TPSA) is 76.9 Å². The standard InChI is InChI=1S/C24H20N4O2/c1-17-6-4-10-21-23(17)26-16-28(24(21)30)15-22(29)27-20-9-5-7-18(14-20)11-12-19-8-2-3-13-25-19/h2-14,16H,15H2,1H3,(H,27,29). The average Bonchev–Trinajstić information content (AvgIpc) is 2.76. The molecule has 2 aromatic carbocycles. The predicted octanol–water partition coefficient (Wildman–Crippen LogP) is 3.91. The monoisotopic (exact) mass is 396 g/mol. The maximum Gasteiger partial charge on any atom is 0.261 e. The summed E-state index contributed by atoms with van der Waals surface area (Å²) in [5, 5.41) is 3.35. The molecule has 0 aliphatic carbocycles. The minimum Gasteiger partial charge on any atom is -0.325 e. The van der Waals surface area contributed by atoms with E-state index in [1.165, 1.54) is 10.9 Å². The number of amides is 1. The summed E-state index contributed by atoms with van der Waals surface area (Å²) < 4.78 is 1.32. The van der Waals surface area contributed by atoms with E-state index in [1.807, 2.05) is 67.6 Å². The summed E-state index contributed by atoms with van der Waals surface area (Å²) in [6, 6.07) is 18.6. The van der Waals surface area contributed by atoms with E-state index in [4.69, 9.17) is 0 Å². The van der Waals surface area contributed by atoms with Gasteiger partial charge in [0.15, 0.2) is 0 Å². The van der Waals surface area contributed by atoms with Crippen LogP contribution < -0.4 is 10.9 Å². The first kappa shape index (κ1) is 19.3. The predicted molar refractivity (Wildman–Crippen MR) is 119 cm³/mol. The fourth-order valence-corrected chi connectivity index (χ4v) is 3.18. The molecule has 2 aromatic heterocycles. The molecule has 4 aromatic rings. The number of nitrogens with one attached hydrogen (secondary N) is 1. The Kier molecular flexibility index (Phi) is 5.48. The number of pyridine rings is 1. The summed E-state index contributed by atoms with van der Waals surface area (Å²) in [5.74, 6) is -0.295. The van der Waals surface area contributed by atoms with Crippen molar-refractivity contribution in [3.05, 3.63) is 100 Å². The maximum atomic E-state index is 12.7. The van der Waals surface area contributed by atoms with Gasteiger partial charge in [-0.2, -0.15) is 0 Å². The van der Waals surface area contributed by atoms with E-state index in [0.717, 1.165) is 16.8 Å². The number of carbonyl (C=O) groups is 1. The zero-order chi connectivity index (χ0) is 20.9. The van der Waals surface area contributed by atoms with Gasteiger partial charge in [0, 0.05) is 11.9 Å². The van der Waals surface area contributed by atoms with E-state index in [2.05, 4.69) is 15.3 Å². The van der Waals surface area contributed by atoms with Crippen LogP contribution in [0.4, 0.5) is 5.69 Å². The Balaban J connectivity index is 1.48. The lowest BCUT2D eigenvalue weighted by molar-refractivity contribution is -0.116. The molecule has 0 spiro atoms. The molecule has 2 heterocycles. The molecule has 148 valence electrons. The molecule has 0 fully saturated rings. The molecule has 1 amide bonds. The summed E-state index contributed by atoms with van der Waals surface area (Å²) in [4.78, 5) is 33.8. The highest BCUT2D eigenvalue weighted by Gasteiger charge is 2.09. The van der Waals surface area contributed by atoms with Crippen molar-refractivity contribution >= 4 is 34.6 Å². The molecule has 0 aliphatic heterocycles. The highest BCUT2D eigenvalue weighted by molar-refractivity contribution is 5.91. The lowest BCUT2D eigenvalue weighted by atomic mass is 10.1. The fourth-order valence-electron chi connectivity index (χ4n) is 3.18. The summed E-state index contributed by atoms with van der Waals surface area (Å²) in [6.45, 7) is 1.80. The van der Waals surface area contributed by atoms with Gasteiger partial charge in [-0.25, -0.2) is 4.98 Å². The van der Waals surface area contributed by atoms with E-state index >= 15 is 0 Å². The van der Waals surface area contributed by atoms with Crippen LogP contribution in [0.25, 0.3) is 23.1 Å². The van der Waals surface area contributed by atoms with Gasteiger partial charge >= 0.3 is 0 Å². The van der Waals surface area contributed by atoms with Crippen molar-refractivity contribution in [1.29, 1.82) is 0 Å². The number of benzene rings is 2. The van der Waals surface area contributed by atoms with Crippen LogP contribution >= 0.6 is 0 Å². The average molecular weight is 396 g/mol. The lowest BCUT2D eigenvalue weighted by Crippen LogP contribution is -2.28. The number of aryl methyl sites for hydroxylation is 1. The van der Waals surface area contributed by atoms with Crippen LogP contribution in [0.1, 0.15) is 16.8 Å². The summed E-state index contributed by atoms with van der Waals surface area (Å²) in [7, 11) is 0. The van der Waals surface area contributed by atoms with E-state index in [0.29, 0.717) is 16.6 Å². The maximum absolute atomic E-state index is 12.7. The Bertz CT molecular complexity index is 1290. The third kappa shape index (κ3) is 4.33. The van der Waals surface area contributed by atoms with Crippen molar-refractivity contribution in [2.75, 3.05) is 5.32 Å². The van der Waals surface area contributed by atoms with Gasteiger partial charge in [0.25, 0.3) is 5.56 Å². The Morgan fingerprint density at radius 2 is 1.90 bits per heavy atom. The zero-order valence-corrected chi connectivity index (χ0v) is 16.4. The number of fused-ring (bicyclic) bond motifs is 1. The van der Waals surface area contributed by atoms with E-state index in [9.17, 15) is 9.59 Å². The number of hydrogen-bond acceptors (Lipinski definition) is 4. The molecule has 0 bridgehead atoms. The smallest absolute Gasteiger partial charge is 0.261 e. The van der Waals surface area contributed by atoms with Crippen LogP contribution in [0.2, 0.25) is 0 Å². The number of anilines is 1. The molecule has 0 unspecified atom stereocenters. The van der Waals surface area contributed by atoms with Gasteiger partial charge in [-0.05, 0) is 54.5 Å². The molecule has 4 rings (SSSR count). The fraction of sp³-hybridized carbons (Fsp3) is 0.0833. The van der Waals surface area contributed by atoms with Crippen molar-refractivity contribution in [2.45, 2.75) is 13.5 Å². The summed E-state index contributed by atoms with van der Waals surface area (Å²) in [6.07, 6.45) is 6.99. The van der Waals surface area contributed by atoms with Gasteiger partial charge in [0.1, 0.15) is 6.54 Å². The number of para-hydroxylation sites is 1. The van der Waals surface area contributed by atoms with Crippen LogP contribution in [-0.4, -0.2) is 20.4 Å². The number of carbonyl (C=O) groups excluding carboxylic acids is 1. The normalized spacial score (nSPS) is 11.1. The Morgan fingerprint density at radius 3 is 2.73 bits per heavy atom. The van der Waals surface area contributed by atoms with Crippen molar-refractivity contribution in [2.24, 2.45) is 0 Å². The first-order valence-corrected chi connectivity index (χ1v) is 9.54. The Labute approximate surface area is 173 Å². The van der Waals surface area contributed by atoms with Crippen molar-refractivity contribution in [1.82, 2.24) is 14.5 Å². The molecule has 30 heavy (non-hydrogen) atoms. The molecule has 0 aliphatic rings. The molecular weight excluding hydrogens is 376 g/mol. The number of nitrogens with zero attached hydrogens (tertiary/aromatic N) is 3. The first-order valence-electron chi connectivity index (χ1n) is 9.54. The lowest BCUT2D eigenvalue weighted by Gasteiger charge is -2.09. The van der Waals surface area contributed by atoms with Crippen LogP contribution in [0.15, 0.2) is 78.0 Å². The van der Waals surface area contributed by atoms with Gasteiger partial charge in [0.2, 0.25) is 5.91 Å². The SMILES string of the molecule is Cc1cccc2c(=O)n(CC(=O)Nc3cccc(C=Cc4ccccn4)c3)cnc12. The van der Waals surface area contributed by atoms with Crippen LogP contribution in [0.5, 0.6) is 0 Å². The van der Waals surface area contributed by atoms with Crippen LogP contribution in [0, 0.1) is 6.92 Å². The molecule has 1 N–H and O–H groups in total. The minimum atomic E-state index is -0.295. The quantitative estimate of drug-likeness (QED) is 0.555. The van der Waals surface area contributed by atoms with Crippen molar-refractivity contribution in [3.8, 4) is 0 Å². The third-order valence-electron chi connectivity index (χ3n) is 4.67. The van der Waals surface area contributed by atoms with Crippen molar-refractivity contribution < 1.29 is 4.79 Å². The Morgan fingerprint density at radius 1 is 1.03 bits per heavy atom. The van der Waals surface area contributed by atoms with E-state index in [1.54, 1.807) is 18.3 Å². The zero-order valence-electron chi connectivity index (χ0n) is 16.4. The number of hydrogen-bond donors (Lipinski definition) is 1. The van der Waals surface area contributed by atoms with Gasteiger partial charge in [0.05, 0.1) is 22.9 Å². The highest BCUT2D eigenvalue weighted by Crippen LogP contribution is 2.14. The second kappa shape index (κ2) is 8.53. The van der Waals surface area contributed by atoms with Crippen LogP contribution in [-0.2, 0) is 11.3 Å². The van der Waals surface area contributed by atoms with Gasteiger partial charge in [-0.1, -0.05) is 36.4 Å². The van der Waals surface area contributed by atoms with Crippen molar-refractivity contribution in [3.63, 3.8) is 0 Å². The second-order valence-electron chi connectivity index (χ2n) is 6.91. The largest absolute Gasteiger partial charge is 0.325 e. The highest BCUT2D eigenvalue weighted by atomic mass is 16.2. The number of aromatic nitrogens is 3. The molecule has 0 radical (unpaired) electrons. The second-order valence-corrected chi connectivity index (χ2v) is 6.91. The molecule has 6 nitrogen and oxygen atoms in total. The molecular formula is C24H20N4O2. The molecule has 0 atom stereocenters. The first-order chi connectivity index (χ1) is 14.6. The minimum absolute atomic E-state index is 0.107. The van der Waals surface area contributed by atoms with E-state index < -0.39 is 0 Å². The third-order valence-corrected chi connectivity index (χ3v) is 4.67. The Hall–Kier alpha value is -4.06. The van der Waals surface area contributed by atoms with Gasteiger partial charge in [-0.15, -0.1) is 0 Å². The van der Waals surface area contributed by atoms with Crippen LogP contribution in [0.3, 0.4) is 0 Å². The summed E-state index contributed by atoms with van der Waals surface area (Å²) in [5.41, 5.74) is 3.79. The van der Waals surface area contributed by atoms with E-state index in [-0.39, 0.29) is 18.0 Å². The van der Waals surface area contributed by atoms with Gasteiger partial charge < -0.3 is 5.32 Å². The van der Waals surface area contributed by atoms with Gasteiger partial charge in [-0.3, -0.25) is 19.1 Å². The molecule has 6 heteroatoms. The number of rotatable bonds is 5. The molecule has 0 saturated carbocycles. The summed E-state index contributed by atoms with van der Waals surface area (Å²) >= 11 is 0.